The Morgan fingerprint density at radius 1 is 1.08 bits per heavy atom. The molecule has 3 unspecified atom stereocenters. The van der Waals surface area contributed by atoms with Gasteiger partial charge in [0.05, 0.1) is 24.4 Å². The summed E-state index contributed by atoms with van der Waals surface area (Å²) in [6.07, 6.45) is -3.04. The fourth-order valence-corrected chi connectivity index (χ4v) is 2.02. The predicted molar refractivity (Wildman–Crippen MR) is 47.0 cm³/mol. The molecule has 78 valence electrons. The minimum Gasteiger partial charge on any atom is -0.393 e. The molecular weight excluding hydrogens is 172 g/mol. The molecule has 0 heterocycles. The zero-order chi connectivity index (χ0) is 10.2. The second-order valence-electron chi connectivity index (χ2n) is 3.88. The normalized spacial score (nSPS) is 48.0. The van der Waals surface area contributed by atoms with E-state index in [2.05, 4.69) is 0 Å². The van der Waals surface area contributed by atoms with Gasteiger partial charge in [-0.25, -0.2) is 0 Å². The molecule has 0 aliphatic heterocycles. The van der Waals surface area contributed by atoms with Crippen LogP contribution in [-0.2, 0) is 0 Å². The van der Waals surface area contributed by atoms with E-state index in [4.69, 9.17) is 0 Å². The smallest absolute Gasteiger partial charge is 0.0880 e. The Bertz CT molecular complexity index is 159. The lowest BCUT2D eigenvalue weighted by atomic mass is 9.93. The summed E-state index contributed by atoms with van der Waals surface area (Å²) in [5.74, 6) is -0.990. The fourth-order valence-electron chi connectivity index (χ4n) is 2.02. The van der Waals surface area contributed by atoms with Crippen LogP contribution in [0, 0.1) is 11.8 Å². The van der Waals surface area contributed by atoms with Gasteiger partial charge in [0.25, 0.3) is 0 Å². The SMILES string of the molecule is CC[C@H](O)[C@@H]1C(O)C(C)[C@@H](O)C1O. The summed E-state index contributed by atoms with van der Waals surface area (Å²) in [5, 5.41) is 38.1. The summed E-state index contributed by atoms with van der Waals surface area (Å²) in [6, 6.07) is 0. The third-order valence-electron chi connectivity index (χ3n) is 3.08. The summed E-state index contributed by atoms with van der Waals surface area (Å²) < 4.78 is 0. The summed E-state index contributed by atoms with van der Waals surface area (Å²) in [6.45, 7) is 3.44. The molecule has 4 N–H and O–H groups in total. The van der Waals surface area contributed by atoms with Gasteiger partial charge in [0.2, 0.25) is 0 Å². The Balaban J connectivity index is 2.74. The monoisotopic (exact) mass is 190 g/mol. The molecule has 0 bridgehead atoms. The zero-order valence-corrected chi connectivity index (χ0v) is 7.96. The van der Waals surface area contributed by atoms with Crippen LogP contribution in [0.15, 0.2) is 0 Å². The predicted octanol–water partition coefficient (Wildman–Crippen LogP) is -0.894. The minimum absolute atomic E-state index is 0.374. The molecule has 13 heavy (non-hydrogen) atoms. The maximum absolute atomic E-state index is 9.62. The standard InChI is InChI=1S/C9H18O4/c1-3-5(10)6-7(11)4(2)8(12)9(6)13/h4-13H,3H2,1-2H3/t4?,5-,6+,7?,8+,9?/m0/s1. The molecule has 1 aliphatic carbocycles. The van der Waals surface area contributed by atoms with Crippen molar-refractivity contribution < 1.29 is 20.4 Å². The van der Waals surface area contributed by atoms with Gasteiger partial charge in [-0.2, -0.15) is 0 Å². The highest BCUT2D eigenvalue weighted by Crippen LogP contribution is 2.34. The molecule has 1 fully saturated rings. The van der Waals surface area contributed by atoms with Crippen molar-refractivity contribution >= 4 is 0 Å². The van der Waals surface area contributed by atoms with Gasteiger partial charge < -0.3 is 20.4 Å². The largest absolute Gasteiger partial charge is 0.393 e. The van der Waals surface area contributed by atoms with E-state index >= 15 is 0 Å². The van der Waals surface area contributed by atoms with Gasteiger partial charge in [-0.05, 0) is 6.42 Å². The van der Waals surface area contributed by atoms with Crippen LogP contribution < -0.4 is 0 Å². The van der Waals surface area contributed by atoms with E-state index in [1.807, 2.05) is 0 Å². The van der Waals surface area contributed by atoms with Crippen molar-refractivity contribution in [2.24, 2.45) is 11.8 Å². The molecule has 0 spiro atoms. The van der Waals surface area contributed by atoms with Gasteiger partial charge in [-0.15, -0.1) is 0 Å². The van der Waals surface area contributed by atoms with Crippen molar-refractivity contribution in [3.63, 3.8) is 0 Å². The quantitative estimate of drug-likeness (QED) is 0.455. The lowest BCUT2D eigenvalue weighted by molar-refractivity contribution is -0.0423. The maximum Gasteiger partial charge on any atom is 0.0880 e. The first kappa shape index (κ1) is 10.9. The molecule has 1 saturated carbocycles. The van der Waals surface area contributed by atoms with E-state index < -0.39 is 30.3 Å². The molecule has 6 atom stereocenters. The van der Waals surface area contributed by atoms with Crippen molar-refractivity contribution in [1.82, 2.24) is 0 Å². The van der Waals surface area contributed by atoms with E-state index in [0.717, 1.165) is 0 Å². The Morgan fingerprint density at radius 3 is 1.92 bits per heavy atom. The van der Waals surface area contributed by atoms with Crippen molar-refractivity contribution in [3.05, 3.63) is 0 Å². The molecular formula is C9H18O4. The second-order valence-corrected chi connectivity index (χ2v) is 3.88. The van der Waals surface area contributed by atoms with Crippen LogP contribution in [0.1, 0.15) is 20.3 Å². The molecule has 1 aliphatic rings. The Morgan fingerprint density at radius 2 is 1.62 bits per heavy atom. The lowest BCUT2D eigenvalue weighted by Gasteiger charge is -2.23. The van der Waals surface area contributed by atoms with E-state index in [1.54, 1.807) is 13.8 Å². The van der Waals surface area contributed by atoms with Crippen molar-refractivity contribution in [2.45, 2.75) is 44.7 Å². The number of hydrogen-bond donors (Lipinski definition) is 4. The number of hydrogen-bond acceptors (Lipinski definition) is 4. The van der Waals surface area contributed by atoms with E-state index in [-0.39, 0.29) is 5.92 Å². The first-order valence-corrected chi connectivity index (χ1v) is 4.73. The number of rotatable bonds is 2. The Kier molecular flexibility index (Phi) is 3.29. The highest BCUT2D eigenvalue weighted by Gasteiger charge is 2.48. The van der Waals surface area contributed by atoms with Crippen LogP contribution in [-0.4, -0.2) is 44.8 Å². The molecule has 0 aromatic carbocycles. The molecule has 0 amide bonds. The fraction of sp³-hybridized carbons (Fsp3) is 1.00. The van der Waals surface area contributed by atoms with Gasteiger partial charge >= 0.3 is 0 Å². The summed E-state index contributed by atoms with van der Waals surface area (Å²) in [5.41, 5.74) is 0. The van der Waals surface area contributed by atoms with E-state index in [9.17, 15) is 20.4 Å². The second kappa shape index (κ2) is 3.92. The first-order valence-electron chi connectivity index (χ1n) is 4.73. The van der Waals surface area contributed by atoms with Crippen molar-refractivity contribution in [1.29, 1.82) is 0 Å². The van der Waals surface area contributed by atoms with Crippen LogP contribution in [0.4, 0.5) is 0 Å². The highest BCUT2D eigenvalue weighted by atomic mass is 16.3. The topological polar surface area (TPSA) is 80.9 Å². The summed E-state index contributed by atoms with van der Waals surface area (Å²) in [4.78, 5) is 0. The van der Waals surface area contributed by atoms with Crippen molar-refractivity contribution in [3.8, 4) is 0 Å². The molecule has 4 heteroatoms. The van der Waals surface area contributed by atoms with Gasteiger partial charge in [0, 0.05) is 11.8 Å². The average Bonchev–Trinajstić information content (AvgIpc) is 2.30. The van der Waals surface area contributed by atoms with Crippen molar-refractivity contribution in [2.75, 3.05) is 0 Å². The van der Waals surface area contributed by atoms with Gasteiger partial charge in [-0.1, -0.05) is 13.8 Å². The Hall–Kier alpha value is -0.160. The summed E-state index contributed by atoms with van der Waals surface area (Å²) >= 11 is 0. The Labute approximate surface area is 77.8 Å². The number of aliphatic hydroxyl groups excluding tert-OH is 4. The van der Waals surface area contributed by atoms with E-state index in [0.29, 0.717) is 6.42 Å². The minimum atomic E-state index is -1.01. The average molecular weight is 190 g/mol. The van der Waals surface area contributed by atoms with Gasteiger partial charge in [-0.3, -0.25) is 0 Å². The highest BCUT2D eigenvalue weighted by molar-refractivity contribution is 4.98. The molecule has 1 rings (SSSR count). The first-order chi connectivity index (χ1) is 6.00. The van der Waals surface area contributed by atoms with Crippen LogP contribution in [0.2, 0.25) is 0 Å². The molecule has 0 radical (unpaired) electrons. The number of aliphatic hydroxyl groups is 4. The molecule has 0 aromatic rings. The summed E-state index contributed by atoms with van der Waals surface area (Å²) in [7, 11) is 0. The van der Waals surface area contributed by atoms with Crippen LogP contribution in [0.3, 0.4) is 0 Å². The zero-order valence-electron chi connectivity index (χ0n) is 7.96. The molecule has 4 nitrogen and oxygen atoms in total. The van der Waals surface area contributed by atoms with Gasteiger partial charge in [0.15, 0.2) is 0 Å². The van der Waals surface area contributed by atoms with Gasteiger partial charge in [0.1, 0.15) is 0 Å². The maximum atomic E-state index is 9.62. The van der Waals surface area contributed by atoms with Crippen LogP contribution >= 0.6 is 0 Å². The van der Waals surface area contributed by atoms with Crippen LogP contribution in [0.5, 0.6) is 0 Å². The molecule has 0 aromatic heterocycles. The third-order valence-corrected chi connectivity index (χ3v) is 3.08. The van der Waals surface area contributed by atoms with Crippen LogP contribution in [0.25, 0.3) is 0 Å². The lowest BCUT2D eigenvalue weighted by Crippen LogP contribution is -2.36. The van der Waals surface area contributed by atoms with E-state index in [1.165, 1.54) is 0 Å². The third kappa shape index (κ3) is 1.72. The molecule has 0 saturated heterocycles.